The molecule has 0 radical (unpaired) electrons. The molecule has 7 heterocycles. The van der Waals surface area contributed by atoms with Crippen LogP contribution in [0.15, 0.2) is 65.9 Å². The average molecular weight is 477 g/mol. The zero-order chi connectivity index (χ0) is 23.9. The highest BCUT2D eigenvalue weighted by molar-refractivity contribution is 5.94. The summed E-state index contributed by atoms with van der Waals surface area (Å²) in [7, 11) is 0. The molecule has 9 nitrogen and oxygen atoms in total. The predicted molar refractivity (Wildman–Crippen MR) is 137 cm³/mol. The topological polar surface area (TPSA) is 112 Å². The molecule has 9 heteroatoms. The summed E-state index contributed by atoms with van der Waals surface area (Å²) in [6.07, 6.45) is 12.8. The Morgan fingerprint density at radius 3 is 2.78 bits per heavy atom. The maximum atomic E-state index is 5.27. The van der Waals surface area contributed by atoms with E-state index in [1.165, 1.54) is 24.8 Å². The van der Waals surface area contributed by atoms with Crippen molar-refractivity contribution in [3.8, 4) is 33.9 Å². The minimum atomic E-state index is 0.612. The SMILES string of the molecule is c1cc(-c2ccoc2)c2nc(-c3n[nH]c4ccc(-c5cncc(CN6CCCCC6)c5)nc34)[nH]c2n1. The third-order valence-electron chi connectivity index (χ3n) is 6.79. The molecule has 0 unspecified atom stereocenters. The molecule has 2 N–H and O–H groups in total. The third kappa shape index (κ3) is 3.74. The number of hydrogen-bond donors (Lipinski definition) is 2. The molecule has 1 saturated heterocycles. The summed E-state index contributed by atoms with van der Waals surface area (Å²) in [5.74, 6) is 0.612. The van der Waals surface area contributed by atoms with Gasteiger partial charge in [-0.15, -0.1) is 0 Å². The Hall–Kier alpha value is -4.37. The standard InChI is InChI=1S/C27H24N8O/c1-2-9-35(10-3-1)15-17-12-19(14-28-13-17)21-4-5-22-24(30-21)25(34-33-22)27-31-23-20(18-7-11-36-16-18)6-8-29-26(23)32-27/h4-8,11-14,16H,1-3,9-10,15H2,(H,33,34)(H,29,31,32). The van der Waals surface area contributed by atoms with Gasteiger partial charge in [0.15, 0.2) is 17.2 Å². The fourth-order valence-corrected chi connectivity index (χ4v) is 4.99. The summed E-state index contributed by atoms with van der Waals surface area (Å²) in [6, 6.07) is 10.0. The van der Waals surface area contributed by atoms with Gasteiger partial charge in [-0.2, -0.15) is 5.10 Å². The summed E-state index contributed by atoms with van der Waals surface area (Å²) >= 11 is 0. The highest BCUT2D eigenvalue weighted by atomic mass is 16.3. The lowest BCUT2D eigenvalue weighted by Gasteiger charge is -2.26. The molecule has 0 spiro atoms. The summed E-state index contributed by atoms with van der Waals surface area (Å²) in [5.41, 5.74) is 8.64. The highest BCUT2D eigenvalue weighted by Gasteiger charge is 2.18. The number of imidazole rings is 1. The monoisotopic (exact) mass is 476 g/mol. The Balaban J connectivity index is 1.26. The third-order valence-corrected chi connectivity index (χ3v) is 6.79. The van der Waals surface area contributed by atoms with Gasteiger partial charge >= 0.3 is 0 Å². The van der Waals surface area contributed by atoms with Crippen LogP contribution in [-0.4, -0.2) is 53.1 Å². The summed E-state index contributed by atoms with van der Waals surface area (Å²) in [5, 5.41) is 7.62. The van der Waals surface area contributed by atoms with E-state index in [1.807, 2.05) is 36.7 Å². The molecule has 0 aromatic carbocycles. The average Bonchev–Trinajstić information content (AvgIpc) is 3.68. The molecular formula is C27H24N8O. The van der Waals surface area contributed by atoms with Crippen molar-refractivity contribution in [1.82, 2.24) is 40.0 Å². The van der Waals surface area contributed by atoms with Crippen molar-refractivity contribution in [2.75, 3.05) is 13.1 Å². The summed E-state index contributed by atoms with van der Waals surface area (Å²) < 4.78 is 5.27. The van der Waals surface area contributed by atoms with Crippen molar-refractivity contribution < 1.29 is 4.42 Å². The van der Waals surface area contributed by atoms with Gasteiger partial charge in [-0.05, 0) is 61.8 Å². The first-order chi connectivity index (χ1) is 17.8. The van der Waals surface area contributed by atoms with Gasteiger partial charge in [0.25, 0.3) is 0 Å². The molecule has 0 saturated carbocycles. The van der Waals surface area contributed by atoms with E-state index in [9.17, 15) is 0 Å². The number of H-pyrrole nitrogens is 2. The number of nitrogens with zero attached hydrogens (tertiary/aromatic N) is 6. The number of likely N-dealkylation sites (tertiary alicyclic amines) is 1. The number of furan rings is 1. The van der Waals surface area contributed by atoms with E-state index in [4.69, 9.17) is 14.4 Å². The van der Waals surface area contributed by atoms with Crippen molar-refractivity contribution in [1.29, 1.82) is 0 Å². The Bertz CT molecular complexity index is 1660. The first-order valence-corrected chi connectivity index (χ1v) is 12.2. The number of nitrogens with one attached hydrogen (secondary N) is 2. The molecule has 1 aliphatic heterocycles. The Labute approximate surface area is 206 Å². The number of fused-ring (bicyclic) bond motifs is 2. The normalized spacial score (nSPS) is 14.7. The minimum absolute atomic E-state index is 0.612. The van der Waals surface area contributed by atoms with Gasteiger partial charge in [-0.1, -0.05) is 6.42 Å². The quantitative estimate of drug-likeness (QED) is 0.351. The molecule has 1 fully saturated rings. The van der Waals surface area contributed by atoms with Gasteiger partial charge in [-0.3, -0.25) is 15.0 Å². The Morgan fingerprint density at radius 2 is 1.89 bits per heavy atom. The van der Waals surface area contributed by atoms with Crippen LogP contribution in [0.1, 0.15) is 24.8 Å². The van der Waals surface area contributed by atoms with E-state index in [2.05, 4.69) is 36.1 Å². The van der Waals surface area contributed by atoms with Crippen molar-refractivity contribution in [2.24, 2.45) is 0 Å². The maximum absolute atomic E-state index is 5.27. The number of hydrogen-bond acceptors (Lipinski definition) is 7. The van der Waals surface area contributed by atoms with Crippen LogP contribution < -0.4 is 0 Å². The second kappa shape index (κ2) is 8.69. The fourth-order valence-electron chi connectivity index (χ4n) is 4.99. The molecule has 0 amide bonds. The second-order valence-corrected chi connectivity index (χ2v) is 9.24. The van der Waals surface area contributed by atoms with E-state index in [1.54, 1.807) is 18.7 Å². The maximum Gasteiger partial charge on any atom is 0.162 e. The zero-order valence-corrected chi connectivity index (χ0v) is 19.6. The lowest BCUT2D eigenvalue weighted by molar-refractivity contribution is 0.220. The number of aromatic amines is 2. The Kier molecular flexibility index (Phi) is 5.06. The van der Waals surface area contributed by atoms with Crippen LogP contribution in [0.3, 0.4) is 0 Å². The molecule has 1 aliphatic rings. The Morgan fingerprint density at radius 1 is 0.944 bits per heavy atom. The van der Waals surface area contributed by atoms with Crippen molar-refractivity contribution in [3.63, 3.8) is 0 Å². The van der Waals surface area contributed by atoms with E-state index in [0.29, 0.717) is 17.2 Å². The number of piperidine rings is 1. The molecule has 6 aromatic heterocycles. The number of rotatable bonds is 5. The van der Waals surface area contributed by atoms with Crippen LogP contribution in [0.2, 0.25) is 0 Å². The van der Waals surface area contributed by atoms with Gasteiger partial charge in [-0.25, -0.2) is 15.0 Å². The molecule has 0 atom stereocenters. The van der Waals surface area contributed by atoms with Crippen molar-refractivity contribution >= 4 is 22.2 Å². The summed E-state index contributed by atoms with van der Waals surface area (Å²) in [6.45, 7) is 3.23. The van der Waals surface area contributed by atoms with Crippen LogP contribution in [0.5, 0.6) is 0 Å². The molecule has 0 bridgehead atoms. The molecule has 36 heavy (non-hydrogen) atoms. The van der Waals surface area contributed by atoms with Gasteiger partial charge in [0.1, 0.15) is 11.0 Å². The summed E-state index contributed by atoms with van der Waals surface area (Å²) in [4.78, 5) is 24.6. The highest BCUT2D eigenvalue weighted by Crippen LogP contribution is 2.31. The van der Waals surface area contributed by atoms with Crippen LogP contribution in [0.4, 0.5) is 0 Å². The van der Waals surface area contributed by atoms with E-state index in [-0.39, 0.29) is 0 Å². The number of pyridine rings is 3. The minimum Gasteiger partial charge on any atom is -0.472 e. The van der Waals surface area contributed by atoms with E-state index in [0.717, 1.165) is 58.6 Å². The predicted octanol–water partition coefficient (Wildman–Crippen LogP) is 5.20. The first-order valence-electron chi connectivity index (χ1n) is 12.2. The van der Waals surface area contributed by atoms with Gasteiger partial charge in [0.2, 0.25) is 0 Å². The number of aromatic nitrogens is 7. The first kappa shape index (κ1) is 21.0. The largest absolute Gasteiger partial charge is 0.472 e. The second-order valence-electron chi connectivity index (χ2n) is 9.24. The van der Waals surface area contributed by atoms with Gasteiger partial charge < -0.3 is 9.40 Å². The molecule has 0 aliphatic carbocycles. The van der Waals surface area contributed by atoms with Crippen LogP contribution in [-0.2, 0) is 6.54 Å². The van der Waals surface area contributed by atoms with Gasteiger partial charge in [0, 0.05) is 41.8 Å². The van der Waals surface area contributed by atoms with Crippen molar-refractivity contribution in [3.05, 3.63) is 67.0 Å². The molecular weight excluding hydrogens is 452 g/mol. The van der Waals surface area contributed by atoms with Crippen molar-refractivity contribution in [2.45, 2.75) is 25.8 Å². The van der Waals surface area contributed by atoms with Crippen LogP contribution in [0.25, 0.3) is 56.1 Å². The molecule has 7 rings (SSSR count). The van der Waals surface area contributed by atoms with E-state index < -0.39 is 0 Å². The van der Waals surface area contributed by atoms with Gasteiger partial charge in [0.05, 0.1) is 23.7 Å². The molecule has 178 valence electrons. The fraction of sp³-hybridized carbons (Fsp3) is 0.222. The van der Waals surface area contributed by atoms with E-state index >= 15 is 0 Å². The zero-order valence-electron chi connectivity index (χ0n) is 19.6. The van der Waals surface area contributed by atoms with Crippen LogP contribution >= 0.6 is 0 Å². The smallest absolute Gasteiger partial charge is 0.162 e. The lowest BCUT2D eigenvalue weighted by Crippen LogP contribution is -2.29. The molecule has 6 aromatic rings. The lowest BCUT2D eigenvalue weighted by atomic mass is 10.1. The van der Waals surface area contributed by atoms with Crippen LogP contribution in [0, 0.1) is 0 Å².